The van der Waals surface area contributed by atoms with Crippen LogP contribution in [-0.2, 0) is 13.0 Å². The van der Waals surface area contributed by atoms with E-state index in [0.29, 0.717) is 6.42 Å². The lowest BCUT2D eigenvalue weighted by Gasteiger charge is -2.27. The van der Waals surface area contributed by atoms with Crippen molar-refractivity contribution in [2.45, 2.75) is 13.0 Å². The number of hydrogen-bond acceptors (Lipinski definition) is 4. The fourth-order valence-corrected chi connectivity index (χ4v) is 1.94. The van der Waals surface area contributed by atoms with E-state index in [1.54, 1.807) is 0 Å². The summed E-state index contributed by atoms with van der Waals surface area (Å²) < 4.78 is 0. The van der Waals surface area contributed by atoms with Gasteiger partial charge < -0.3 is 10.4 Å². The molecule has 2 N–H and O–H groups in total. The van der Waals surface area contributed by atoms with Crippen LogP contribution in [-0.4, -0.2) is 47.8 Å². The van der Waals surface area contributed by atoms with Crippen LogP contribution in [0, 0.1) is 0 Å². The summed E-state index contributed by atoms with van der Waals surface area (Å²) in [5, 5.41) is 12.1. The third kappa shape index (κ3) is 4.60. The summed E-state index contributed by atoms with van der Waals surface area (Å²) in [5.74, 6) is 0. The smallest absolute Gasteiger partial charge is 0.0486 e. The number of halogens is 1. The number of piperazine rings is 1. The first-order chi connectivity index (χ1) is 7.88. The van der Waals surface area contributed by atoms with Gasteiger partial charge in [-0.25, -0.2) is 0 Å². The van der Waals surface area contributed by atoms with Crippen molar-refractivity contribution in [1.29, 1.82) is 0 Å². The topological polar surface area (TPSA) is 48.4 Å². The Bertz CT molecular complexity index is 312. The number of pyridine rings is 1. The summed E-state index contributed by atoms with van der Waals surface area (Å²) in [4.78, 5) is 6.76. The molecule has 4 nitrogen and oxygen atoms in total. The number of hydrogen-bond donors (Lipinski definition) is 2. The van der Waals surface area contributed by atoms with E-state index in [1.807, 2.05) is 12.3 Å². The summed E-state index contributed by atoms with van der Waals surface area (Å²) in [5.41, 5.74) is 2.22. The van der Waals surface area contributed by atoms with Gasteiger partial charge in [0, 0.05) is 57.6 Å². The van der Waals surface area contributed by atoms with Crippen LogP contribution in [0.2, 0.25) is 0 Å². The summed E-state index contributed by atoms with van der Waals surface area (Å²) in [6, 6.07) is 4.12. The highest BCUT2D eigenvalue weighted by atomic mass is 35.5. The second kappa shape index (κ2) is 7.61. The van der Waals surface area contributed by atoms with E-state index in [1.165, 1.54) is 5.56 Å². The van der Waals surface area contributed by atoms with Gasteiger partial charge in [-0.05, 0) is 11.6 Å². The van der Waals surface area contributed by atoms with Crippen molar-refractivity contribution in [3.63, 3.8) is 0 Å². The van der Waals surface area contributed by atoms with Gasteiger partial charge in [-0.3, -0.25) is 9.88 Å². The molecule has 1 aromatic heterocycles. The minimum absolute atomic E-state index is 0. The third-order valence-electron chi connectivity index (χ3n) is 2.87. The number of aliphatic hydroxyl groups is 1. The summed E-state index contributed by atoms with van der Waals surface area (Å²) in [6.45, 7) is 5.53. The number of aliphatic hydroxyl groups excluding tert-OH is 1. The minimum atomic E-state index is 0. The Labute approximate surface area is 108 Å². The molecule has 0 aliphatic carbocycles. The molecule has 1 saturated heterocycles. The fourth-order valence-electron chi connectivity index (χ4n) is 1.94. The van der Waals surface area contributed by atoms with Crippen molar-refractivity contribution in [3.8, 4) is 0 Å². The monoisotopic (exact) mass is 257 g/mol. The lowest BCUT2D eigenvalue weighted by molar-refractivity contribution is 0.233. The highest BCUT2D eigenvalue weighted by molar-refractivity contribution is 5.85. The zero-order valence-electron chi connectivity index (χ0n) is 9.93. The molecule has 2 rings (SSSR count). The predicted octanol–water partition coefficient (Wildman–Crippen LogP) is 0.443. The van der Waals surface area contributed by atoms with Gasteiger partial charge in [0.2, 0.25) is 0 Å². The van der Waals surface area contributed by atoms with Crippen molar-refractivity contribution in [1.82, 2.24) is 15.2 Å². The van der Waals surface area contributed by atoms with Gasteiger partial charge in [-0.15, -0.1) is 12.4 Å². The fraction of sp³-hybridized carbons (Fsp3) is 0.583. The first-order valence-electron chi connectivity index (χ1n) is 5.86. The molecule has 0 saturated carbocycles. The van der Waals surface area contributed by atoms with Crippen molar-refractivity contribution in [2.75, 3.05) is 32.8 Å². The van der Waals surface area contributed by atoms with Gasteiger partial charge >= 0.3 is 0 Å². The van der Waals surface area contributed by atoms with Crippen LogP contribution >= 0.6 is 12.4 Å². The number of rotatable bonds is 4. The molecule has 0 atom stereocenters. The molecule has 5 heteroatoms. The Balaban J connectivity index is 0.00000144. The molecule has 96 valence electrons. The van der Waals surface area contributed by atoms with E-state index >= 15 is 0 Å². The molecule has 0 spiro atoms. The van der Waals surface area contributed by atoms with E-state index in [0.717, 1.165) is 38.4 Å². The molecule has 0 aromatic carbocycles. The zero-order chi connectivity index (χ0) is 11.2. The maximum absolute atomic E-state index is 8.79. The van der Waals surface area contributed by atoms with Crippen LogP contribution in [0.5, 0.6) is 0 Å². The van der Waals surface area contributed by atoms with Crippen LogP contribution < -0.4 is 5.32 Å². The van der Waals surface area contributed by atoms with Gasteiger partial charge in [0.05, 0.1) is 0 Å². The minimum Gasteiger partial charge on any atom is -0.396 e. The molecular weight excluding hydrogens is 238 g/mol. The maximum atomic E-state index is 8.79. The van der Waals surface area contributed by atoms with Crippen molar-refractivity contribution < 1.29 is 5.11 Å². The Morgan fingerprint density at radius 3 is 2.65 bits per heavy atom. The SMILES string of the molecule is Cl.OCCc1ccc(CN2CCNCC2)cn1. The molecule has 0 radical (unpaired) electrons. The average molecular weight is 258 g/mol. The van der Waals surface area contributed by atoms with Gasteiger partial charge in [-0.2, -0.15) is 0 Å². The normalized spacial score (nSPS) is 16.5. The second-order valence-electron chi connectivity index (χ2n) is 4.16. The summed E-state index contributed by atoms with van der Waals surface area (Å²) >= 11 is 0. The molecule has 0 amide bonds. The number of nitrogens with zero attached hydrogens (tertiary/aromatic N) is 2. The van der Waals surface area contributed by atoms with E-state index < -0.39 is 0 Å². The number of aromatic nitrogens is 1. The maximum Gasteiger partial charge on any atom is 0.0486 e. The Morgan fingerprint density at radius 1 is 1.29 bits per heavy atom. The van der Waals surface area contributed by atoms with Crippen LogP contribution in [0.1, 0.15) is 11.3 Å². The summed E-state index contributed by atoms with van der Waals surface area (Å²) in [7, 11) is 0. The largest absolute Gasteiger partial charge is 0.396 e. The second-order valence-corrected chi connectivity index (χ2v) is 4.16. The van der Waals surface area contributed by atoms with E-state index in [-0.39, 0.29) is 19.0 Å². The van der Waals surface area contributed by atoms with Crippen molar-refractivity contribution in [3.05, 3.63) is 29.6 Å². The van der Waals surface area contributed by atoms with Gasteiger partial charge in [0.15, 0.2) is 0 Å². The van der Waals surface area contributed by atoms with Gasteiger partial charge in [0.25, 0.3) is 0 Å². The van der Waals surface area contributed by atoms with E-state index in [4.69, 9.17) is 5.11 Å². The molecule has 1 aliphatic rings. The quantitative estimate of drug-likeness (QED) is 0.822. The molecular formula is C12H20ClN3O. The lowest BCUT2D eigenvalue weighted by atomic mass is 10.2. The molecule has 1 aliphatic heterocycles. The van der Waals surface area contributed by atoms with E-state index in [2.05, 4.69) is 21.3 Å². The Hall–Kier alpha value is -0.680. The van der Waals surface area contributed by atoms with Gasteiger partial charge in [0.1, 0.15) is 0 Å². The highest BCUT2D eigenvalue weighted by Gasteiger charge is 2.09. The molecule has 2 heterocycles. The predicted molar refractivity (Wildman–Crippen MR) is 70.4 cm³/mol. The van der Waals surface area contributed by atoms with Crippen molar-refractivity contribution >= 4 is 12.4 Å². The van der Waals surface area contributed by atoms with Crippen LogP contribution in [0.3, 0.4) is 0 Å². The molecule has 0 bridgehead atoms. The van der Waals surface area contributed by atoms with Crippen LogP contribution in [0.15, 0.2) is 18.3 Å². The van der Waals surface area contributed by atoms with Gasteiger partial charge in [-0.1, -0.05) is 6.07 Å². The summed E-state index contributed by atoms with van der Waals surface area (Å²) in [6.07, 6.45) is 2.57. The molecule has 1 fully saturated rings. The Morgan fingerprint density at radius 2 is 2.06 bits per heavy atom. The highest BCUT2D eigenvalue weighted by Crippen LogP contribution is 2.05. The lowest BCUT2D eigenvalue weighted by Crippen LogP contribution is -2.42. The van der Waals surface area contributed by atoms with Crippen LogP contribution in [0.4, 0.5) is 0 Å². The zero-order valence-corrected chi connectivity index (χ0v) is 10.7. The van der Waals surface area contributed by atoms with E-state index in [9.17, 15) is 0 Å². The van der Waals surface area contributed by atoms with Crippen LogP contribution in [0.25, 0.3) is 0 Å². The first-order valence-corrected chi connectivity index (χ1v) is 5.86. The average Bonchev–Trinajstić information content (AvgIpc) is 2.33. The number of nitrogens with one attached hydrogen (secondary N) is 1. The third-order valence-corrected chi connectivity index (χ3v) is 2.87. The Kier molecular flexibility index (Phi) is 6.44. The first kappa shape index (κ1) is 14.4. The molecule has 17 heavy (non-hydrogen) atoms. The standard InChI is InChI=1S/C12H19N3O.ClH/c16-8-3-12-2-1-11(9-14-12)10-15-6-4-13-5-7-15;/h1-2,9,13,16H,3-8,10H2;1H. The molecule has 1 aromatic rings. The molecule has 0 unspecified atom stereocenters. The van der Waals surface area contributed by atoms with Crippen molar-refractivity contribution in [2.24, 2.45) is 0 Å².